The van der Waals surface area contributed by atoms with Crippen molar-refractivity contribution in [3.8, 4) is 0 Å². The number of benzene rings is 1. The van der Waals surface area contributed by atoms with Gasteiger partial charge < -0.3 is 5.11 Å². The minimum Gasteiger partial charge on any atom is -0.477 e. The van der Waals surface area contributed by atoms with Crippen LogP contribution < -0.4 is 4.72 Å². The second kappa shape index (κ2) is 6.39. The zero-order valence-corrected chi connectivity index (χ0v) is 15.0. The molecule has 0 saturated carbocycles. The van der Waals surface area contributed by atoms with Gasteiger partial charge in [0.2, 0.25) is 0 Å². The number of carboxylic acids is 1. The molecule has 2 aromatic rings. The number of halogens is 1. The Balaban J connectivity index is 2.29. The highest BCUT2D eigenvalue weighted by molar-refractivity contribution is 9.11. The smallest absolute Gasteiger partial charge is 0.345 e. The Kier molecular flexibility index (Phi) is 4.93. The van der Waals surface area contributed by atoms with Gasteiger partial charge in [-0.3, -0.25) is 4.72 Å². The molecule has 0 aliphatic rings. The molecular weight excluding hydrogens is 390 g/mol. The van der Waals surface area contributed by atoms with Crippen molar-refractivity contribution in [2.24, 2.45) is 0 Å². The number of thiophene rings is 1. The van der Waals surface area contributed by atoms with Crippen molar-refractivity contribution in [3.63, 3.8) is 0 Å². The minimum atomic E-state index is -3.84. The average Bonchev–Trinajstić information content (AvgIpc) is 2.82. The maximum absolute atomic E-state index is 12.3. The van der Waals surface area contributed by atoms with Crippen LogP contribution in [0, 0.1) is 0 Å². The predicted molar refractivity (Wildman–Crippen MR) is 90.3 cm³/mol. The van der Waals surface area contributed by atoms with Crippen LogP contribution >= 0.6 is 27.3 Å². The largest absolute Gasteiger partial charge is 0.477 e. The van der Waals surface area contributed by atoms with Gasteiger partial charge in [0.25, 0.3) is 10.0 Å². The standard InChI is InChI=1S/C14H14BrNO4S2/c1-8(2)9-3-5-10(6-4-9)16-22(19,20)12-7-11(14(17)18)21-13(12)15/h3-8,16H,1-2H3,(H,17,18). The van der Waals surface area contributed by atoms with Gasteiger partial charge in [0, 0.05) is 5.69 Å². The van der Waals surface area contributed by atoms with Crippen LogP contribution in [-0.2, 0) is 10.0 Å². The summed E-state index contributed by atoms with van der Waals surface area (Å²) in [5.41, 5.74) is 1.53. The molecule has 1 aromatic heterocycles. The lowest BCUT2D eigenvalue weighted by atomic mass is 10.0. The molecular formula is C14H14BrNO4S2. The van der Waals surface area contributed by atoms with E-state index in [1.807, 2.05) is 12.1 Å². The van der Waals surface area contributed by atoms with E-state index in [0.29, 0.717) is 11.6 Å². The maximum atomic E-state index is 12.3. The number of carbonyl (C=O) groups is 1. The first kappa shape index (κ1) is 17.0. The summed E-state index contributed by atoms with van der Waals surface area (Å²) in [7, 11) is -3.84. The highest BCUT2D eigenvalue weighted by atomic mass is 79.9. The van der Waals surface area contributed by atoms with Crippen LogP contribution in [0.15, 0.2) is 39.0 Å². The van der Waals surface area contributed by atoms with Crippen molar-refractivity contribution in [2.45, 2.75) is 24.7 Å². The number of hydrogen-bond acceptors (Lipinski definition) is 4. The molecule has 0 amide bonds. The third kappa shape index (κ3) is 3.68. The molecule has 118 valence electrons. The Hall–Kier alpha value is -1.38. The fourth-order valence-electron chi connectivity index (χ4n) is 1.79. The van der Waals surface area contributed by atoms with Crippen molar-refractivity contribution >= 4 is 48.9 Å². The van der Waals surface area contributed by atoms with E-state index in [4.69, 9.17) is 5.11 Å². The molecule has 5 nitrogen and oxygen atoms in total. The third-order valence-electron chi connectivity index (χ3n) is 2.99. The molecule has 1 heterocycles. The summed E-state index contributed by atoms with van der Waals surface area (Å²) in [5.74, 6) is -0.803. The van der Waals surface area contributed by atoms with Crippen LogP contribution in [0.2, 0.25) is 0 Å². The van der Waals surface area contributed by atoms with Crippen LogP contribution in [-0.4, -0.2) is 19.5 Å². The van der Waals surface area contributed by atoms with Gasteiger partial charge in [-0.05, 0) is 45.6 Å². The minimum absolute atomic E-state index is 0.0394. The number of nitrogens with one attached hydrogen (secondary N) is 1. The van der Waals surface area contributed by atoms with Gasteiger partial charge in [0.15, 0.2) is 0 Å². The monoisotopic (exact) mass is 403 g/mol. The Morgan fingerprint density at radius 1 is 1.27 bits per heavy atom. The molecule has 1 aromatic carbocycles. The first-order chi connectivity index (χ1) is 10.2. The fraction of sp³-hybridized carbons (Fsp3) is 0.214. The molecule has 2 rings (SSSR count). The highest BCUT2D eigenvalue weighted by Crippen LogP contribution is 2.33. The summed E-state index contributed by atoms with van der Waals surface area (Å²) in [5, 5.41) is 8.93. The maximum Gasteiger partial charge on any atom is 0.345 e. The lowest BCUT2D eigenvalue weighted by Crippen LogP contribution is -2.12. The summed E-state index contributed by atoms with van der Waals surface area (Å²) >= 11 is 3.97. The Morgan fingerprint density at radius 2 is 1.86 bits per heavy atom. The predicted octanol–water partition coefficient (Wildman–Crippen LogP) is 4.13. The topological polar surface area (TPSA) is 83.5 Å². The Morgan fingerprint density at radius 3 is 2.32 bits per heavy atom. The zero-order valence-electron chi connectivity index (χ0n) is 11.8. The second-order valence-corrected chi connectivity index (χ2v) is 8.96. The number of rotatable bonds is 5. The van der Waals surface area contributed by atoms with Gasteiger partial charge in [0.1, 0.15) is 9.77 Å². The van der Waals surface area contributed by atoms with Crippen LogP contribution in [0.25, 0.3) is 0 Å². The van der Waals surface area contributed by atoms with E-state index in [0.717, 1.165) is 23.0 Å². The molecule has 0 fully saturated rings. The van der Waals surface area contributed by atoms with E-state index in [2.05, 4.69) is 34.5 Å². The molecule has 22 heavy (non-hydrogen) atoms. The van der Waals surface area contributed by atoms with E-state index >= 15 is 0 Å². The van der Waals surface area contributed by atoms with Gasteiger partial charge in [-0.25, -0.2) is 13.2 Å². The molecule has 0 aliphatic carbocycles. The van der Waals surface area contributed by atoms with E-state index in [-0.39, 0.29) is 13.6 Å². The van der Waals surface area contributed by atoms with Crippen molar-refractivity contribution in [2.75, 3.05) is 4.72 Å². The molecule has 8 heteroatoms. The average molecular weight is 404 g/mol. The zero-order chi connectivity index (χ0) is 16.5. The summed E-state index contributed by atoms with van der Waals surface area (Å²) in [4.78, 5) is 10.8. The third-order valence-corrected chi connectivity index (χ3v) is 6.61. The quantitative estimate of drug-likeness (QED) is 0.785. The number of aromatic carboxylic acids is 1. The number of sulfonamides is 1. The second-order valence-electron chi connectivity index (χ2n) is 4.94. The van der Waals surface area contributed by atoms with E-state index in [1.165, 1.54) is 0 Å². The van der Waals surface area contributed by atoms with Gasteiger partial charge in [-0.1, -0.05) is 26.0 Å². The molecule has 0 saturated heterocycles. The van der Waals surface area contributed by atoms with Crippen LogP contribution in [0.4, 0.5) is 5.69 Å². The number of hydrogen-bond donors (Lipinski definition) is 2. The van der Waals surface area contributed by atoms with E-state index < -0.39 is 16.0 Å². The first-order valence-electron chi connectivity index (χ1n) is 6.36. The lowest BCUT2D eigenvalue weighted by Gasteiger charge is -2.09. The number of anilines is 1. The van der Waals surface area contributed by atoms with E-state index in [1.54, 1.807) is 12.1 Å². The molecule has 0 atom stereocenters. The van der Waals surface area contributed by atoms with Crippen molar-refractivity contribution in [1.29, 1.82) is 0 Å². The molecule has 0 aliphatic heterocycles. The Bertz CT molecular complexity index is 795. The molecule has 0 radical (unpaired) electrons. The Labute approximate surface area is 141 Å². The first-order valence-corrected chi connectivity index (χ1v) is 9.45. The van der Waals surface area contributed by atoms with Gasteiger partial charge in [-0.15, -0.1) is 11.3 Å². The van der Waals surface area contributed by atoms with Gasteiger partial charge in [-0.2, -0.15) is 0 Å². The van der Waals surface area contributed by atoms with E-state index in [9.17, 15) is 13.2 Å². The van der Waals surface area contributed by atoms with Crippen LogP contribution in [0.3, 0.4) is 0 Å². The molecule has 0 spiro atoms. The van der Waals surface area contributed by atoms with Crippen molar-refractivity contribution in [1.82, 2.24) is 0 Å². The van der Waals surface area contributed by atoms with Crippen LogP contribution in [0.1, 0.15) is 35.0 Å². The molecule has 0 unspecified atom stereocenters. The SMILES string of the molecule is CC(C)c1ccc(NS(=O)(=O)c2cc(C(=O)O)sc2Br)cc1. The summed E-state index contributed by atoms with van der Waals surface area (Å²) < 4.78 is 27.4. The van der Waals surface area contributed by atoms with Gasteiger partial charge in [0.05, 0.1) is 3.79 Å². The molecule has 2 N–H and O–H groups in total. The highest BCUT2D eigenvalue weighted by Gasteiger charge is 2.23. The lowest BCUT2D eigenvalue weighted by molar-refractivity contribution is 0.0702. The van der Waals surface area contributed by atoms with Crippen molar-refractivity contribution < 1.29 is 18.3 Å². The number of carboxylic acid groups (broad SMARTS) is 1. The summed E-state index contributed by atoms with van der Waals surface area (Å²) in [6.45, 7) is 4.10. The molecule has 0 bridgehead atoms. The van der Waals surface area contributed by atoms with Crippen molar-refractivity contribution in [3.05, 3.63) is 44.6 Å². The normalized spacial score (nSPS) is 11.6. The summed E-state index contributed by atoms with van der Waals surface area (Å²) in [6, 6.07) is 8.22. The van der Waals surface area contributed by atoms with Gasteiger partial charge >= 0.3 is 5.97 Å². The summed E-state index contributed by atoms with van der Waals surface area (Å²) in [6.07, 6.45) is 0. The van der Waals surface area contributed by atoms with Crippen LogP contribution in [0.5, 0.6) is 0 Å². The fourth-order valence-corrected chi connectivity index (χ4v) is 5.25.